The molecule has 0 fully saturated rings. The summed E-state index contributed by atoms with van der Waals surface area (Å²) in [5.74, 6) is 8.82. The highest BCUT2D eigenvalue weighted by Gasteiger charge is 2.19. The molecule has 8 nitrogen and oxygen atoms in total. The van der Waals surface area contributed by atoms with Crippen LogP contribution in [0.3, 0.4) is 0 Å². The van der Waals surface area contributed by atoms with E-state index < -0.39 is 8.07 Å². The third kappa shape index (κ3) is 13.1. The van der Waals surface area contributed by atoms with Gasteiger partial charge in [0, 0.05) is 39.8 Å². The van der Waals surface area contributed by atoms with Crippen molar-refractivity contribution in [3.8, 4) is 56.7 Å². The number of hydrogen-bond donors (Lipinski definition) is 2. The number of nitrogens with one attached hydrogen (secondary N) is 2. The Morgan fingerprint density at radius 3 is 1.39 bits per heavy atom. The fraction of sp³-hybridized carbons (Fsp3) is 0.404. The van der Waals surface area contributed by atoms with E-state index in [0.29, 0.717) is 50.1 Å². The van der Waals surface area contributed by atoms with E-state index in [2.05, 4.69) is 175 Å². The van der Waals surface area contributed by atoms with Crippen LogP contribution in [0.25, 0.3) is 68.6 Å². The lowest BCUT2D eigenvalue weighted by atomic mass is 10.0. The van der Waals surface area contributed by atoms with Crippen molar-refractivity contribution < 1.29 is 18.9 Å². The van der Waals surface area contributed by atoms with Crippen molar-refractivity contribution in [3.63, 3.8) is 0 Å². The third-order valence-electron chi connectivity index (χ3n) is 11.3. The minimum atomic E-state index is -1.82. The van der Waals surface area contributed by atoms with Crippen LogP contribution in [0.1, 0.15) is 109 Å². The molecule has 0 radical (unpaired) electrons. The maximum absolute atomic E-state index is 6.42. The van der Waals surface area contributed by atoms with Gasteiger partial charge >= 0.3 is 0 Å². The fourth-order valence-electron chi connectivity index (χ4n) is 7.54. The topological polar surface area (TPSA) is 94.3 Å². The van der Waals surface area contributed by atoms with Gasteiger partial charge in [0.1, 0.15) is 31.1 Å². The van der Waals surface area contributed by atoms with E-state index in [1.165, 1.54) is 0 Å². The summed E-state index contributed by atoms with van der Waals surface area (Å²) in [6.45, 7) is 27.0. The third-order valence-corrected chi connectivity index (χ3v) is 12.2. The van der Waals surface area contributed by atoms with Crippen LogP contribution >= 0.6 is 0 Å². The average Bonchev–Trinajstić information content (AvgIpc) is 4.08. The Kier molecular flexibility index (Phi) is 15.7. The molecule has 0 aliphatic carbocycles. The summed E-state index contributed by atoms with van der Waals surface area (Å²) in [5.41, 5.74) is 15.2. The van der Waals surface area contributed by atoms with E-state index in [1.807, 2.05) is 12.1 Å². The maximum Gasteiger partial charge on any atom is 0.129 e. The van der Waals surface area contributed by atoms with Crippen molar-refractivity contribution in [2.45, 2.75) is 101 Å². The van der Waals surface area contributed by atoms with E-state index in [1.54, 1.807) is 0 Å². The van der Waals surface area contributed by atoms with Gasteiger partial charge < -0.3 is 28.9 Å². The first-order chi connectivity index (χ1) is 31.6. The lowest BCUT2D eigenvalue weighted by molar-refractivity contribution is 0.276. The molecule has 66 heavy (non-hydrogen) atoms. The standard InChI is InChI=1S/C57H70N4O4Si/c1-37(2)20-25-62-45-30-41(31-46(35-45)63-26-21-38(3)4)56-52-14-12-43(58-52)34-44-13-15-53(59-44)57(42-32-47(64-27-22-39(5)6)36-48(33-42)65-28-23-40(7)8)55-19-17-51(61-55)49(24-29-66(9,10)11)50-16-18-54(56)60-50/h12-19,30-40,58,61H,20-23,25-28H2,1-11H3. The molecule has 3 aromatic heterocycles. The van der Waals surface area contributed by atoms with E-state index in [-0.39, 0.29) is 0 Å². The Morgan fingerprint density at radius 2 is 0.909 bits per heavy atom. The number of aromatic nitrogens is 4. The predicted molar refractivity (Wildman–Crippen MR) is 280 cm³/mol. The van der Waals surface area contributed by atoms with Crippen molar-refractivity contribution >= 4 is 54.4 Å². The average molecular weight is 903 g/mol. The molecule has 9 heteroatoms. The van der Waals surface area contributed by atoms with E-state index in [0.717, 1.165) is 121 Å². The van der Waals surface area contributed by atoms with Gasteiger partial charge in [0.2, 0.25) is 0 Å². The largest absolute Gasteiger partial charge is 0.493 e. The van der Waals surface area contributed by atoms with Gasteiger partial charge in [0.25, 0.3) is 0 Å². The maximum atomic E-state index is 6.42. The number of ether oxygens (including phenoxy) is 4. The van der Waals surface area contributed by atoms with Crippen molar-refractivity contribution in [1.82, 2.24) is 19.9 Å². The molecule has 0 spiro atoms. The second kappa shape index (κ2) is 21.5. The Hall–Kier alpha value is -5.98. The van der Waals surface area contributed by atoms with Gasteiger partial charge in [0.05, 0.1) is 60.3 Å². The van der Waals surface area contributed by atoms with Crippen molar-refractivity contribution in [2.75, 3.05) is 26.4 Å². The van der Waals surface area contributed by atoms with Crippen LogP contribution in [0.15, 0.2) is 66.7 Å². The highest BCUT2D eigenvalue weighted by atomic mass is 28.3. The number of hydrogen-bond acceptors (Lipinski definition) is 6. The monoisotopic (exact) mass is 903 g/mol. The second-order valence-corrected chi connectivity index (χ2v) is 25.1. The zero-order valence-corrected chi connectivity index (χ0v) is 42.2. The first kappa shape index (κ1) is 48.0. The van der Waals surface area contributed by atoms with Crippen molar-refractivity contribution in [2.24, 2.45) is 23.7 Å². The molecule has 7 rings (SSSR count). The lowest BCUT2D eigenvalue weighted by Crippen LogP contribution is -2.16. The van der Waals surface area contributed by atoms with Crippen LogP contribution in [0.4, 0.5) is 0 Å². The number of fused-ring (bicyclic) bond motifs is 8. The number of nitrogens with zero attached hydrogens (tertiary/aromatic N) is 2. The quantitative estimate of drug-likeness (QED) is 0.0658. The van der Waals surface area contributed by atoms with Crippen LogP contribution in [-0.4, -0.2) is 54.4 Å². The smallest absolute Gasteiger partial charge is 0.129 e. The van der Waals surface area contributed by atoms with Crippen LogP contribution in [0, 0.1) is 35.1 Å². The van der Waals surface area contributed by atoms with Gasteiger partial charge in [-0.3, -0.25) is 0 Å². The SMILES string of the molecule is CC(C)CCOc1cc(OCCC(C)C)cc(-c2c3nc(c(C#C[Si](C)(C)C)c4ccc([nH]4)c(-c4cc(OCCC(C)C)cc(OCCC(C)C)c4)c4nc(cc5ccc2[nH]5)C=C4)C=C3)c1. The fourth-order valence-corrected chi connectivity index (χ4v) is 8.04. The molecule has 2 aliphatic heterocycles. The van der Waals surface area contributed by atoms with Crippen molar-refractivity contribution in [3.05, 3.63) is 95.1 Å². The lowest BCUT2D eigenvalue weighted by Gasteiger charge is -2.14. The molecule has 2 aromatic carbocycles. The number of aromatic amines is 2. The molecular weight excluding hydrogens is 833 g/mol. The minimum Gasteiger partial charge on any atom is -0.493 e. The summed E-state index contributed by atoms with van der Waals surface area (Å²) >= 11 is 0. The Morgan fingerprint density at radius 1 is 0.485 bits per heavy atom. The number of rotatable bonds is 18. The highest BCUT2D eigenvalue weighted by molar-refractivity contribution is 6.83. The van der Waals surface area contributed by atoms with Gasteiger partial charge in [0.15, 0.2) is 0 Å². The molecule has 0 saturated heterocycles. The Bertz CT molecular complexity index is 2650. The molecule has 8 bridgehead atoms. The molecule has 0 atom stereocenters. The van der Waals surface area contributed by atoms with Crippen LogP contribution in [0.2, 0.25) is 19.6 Å². The summed E-state index contributed by atoms with van der Waals surface area (Å²) in [6.07, 6.45) is 12.2. The summed E-state index contributed by atoms with van der Waals surface area (Å²) in [5, 5.41) is 0. The molecular formula is C57H70N4O4Si. The van der Waals surface area contributed by atoms with E-state index in [9.17, 15) is 0 Å². The minimum absolute atomic E-state index is 0.526. The second-order valence-electron chi connectivity index (χ2n) is 20.4. The summed E-state index contributed by atoms with van der Waals surface area (Å²) in [4.78, 5) is 18.3. The molecule has 0 amide bonds. The Balaban J connectivity index is 1.49. The normalized spacial score (nSPS) is 12.3. The number of benzene rings is 2. The molecule has 2 aliphatic rings. The molecule has 2 N–H and O–H groups in total. The first-order valence-corrected chi connectivity index (χ1v) is 27.6. The van der Waals surface area contributed by atoms with E-state index >= 15 is 0 Å². The van der Waals surface area contributed by atoms with Gasteiger partial charge in [-0.05, 0) is 139 Å². The predicted octanol–water partition coefficient (Wildman–Crippen LogP) is 14.9. The molecule has 5 aromatic rings. The zero-order chi connectivity index (χ0) is 47.0. The Labute approximate surface area is 394 Å². The van der Waals surface area contributed by atoms with Gasteiger partial charge in [-0.1, -0.05) is 81.0 Å². The van der Waals surface area contributed by atoms with Gasteiger partial charge in [-0.2, -0.15) is 0 Å². The van der Waals surface area contributed by atoms with Gasteiger partial charge in [-0.25, -0.2) is 9.97 Å². The van der Waals surface area contributed by atoms with Crippen LogP contribution < -0.4 is 18.9 Å². The number of H-pyrrole nitrogens is 2. The van der Waals surface area contributed by atoms with Crippen molar-refractivity contribution in [1.29, 1.82) is 0 Å². The zero-order valence-electron chi connectivity index (χ0n) is 41.2. The first-order valence-electron chi connectivity index (χ1n) is 24.1. The van der Waals surface area contributed by atoms with E-state index in [4.69, 9.17) is 28.9 Å². The molecule has 346 valence electrons. The van der Waals surface area contributed by atoms with Crippen LogP contribution in [-0.2, 0) is 0 Å². The molecule has 0 unspecified atom stereocenters. The summed E-state index contributed by atoms with van der Waals surface area (Å²) in [6, 6.07) is 23.0. The molecule has 0 saturated carbocycles. The van der Waals surface area contributed by atoms with Crippen LogP contribution in [0.5, 0.6) is 23.0 Å². The molecule has 5 heterocycles. The summed E-state index contributed by atoms with van der Waals surface area (Å²) < 4.78 is 25.7. The summed E-state index contributed by atoms with van der Waals surface area (Å²) in [7, 11) is -1.82. The van der Waals surface area contributed by atoms with Gasteiger partial charge in [-0.15, -0.1) is 5.54 Å². The highest BCUT2D eigenvalue weighted by Crippen LogP contribution is 2.38.